The summed E-state index contributed by atoms with van der Waals surface area (Å²) in [5.41, 5.74) is 2.50. The minimum absolute atomic E-state index is 0.287. The zero-order valence-corrected chi connectivity index (χ0v) is 10.4. The number of halogens is 2. The van der Waals surface area contributed by atoms with E-state index >= 15 is 0 Å². The summed E-state index contributed by atoms with van der Waals surface area (Å²) in [7, 11) is 0. The lowest BCUT2D eigenvalue weighted by Gasteiger charge is -2.11. The average Bonchev–Trinajstić information content (AvgIpc) is 2.33. The topological polar surface area (TPSA) is 35.8 Å². The number of hydrogen-bond acceptors (Lipinski definition) is 2. The molecule has 0 aromatic heterocycles. The van der Waals surface area contributed by atoms with Gasteiger partial charge in [-0.05, 0) is 42.8 Å². The number of nitriles is 1. The van der Waals surface area contributed by atoms with Crippen molar-refractivity contribution in [1.29, 1.82) is 5.26 Å². The summed E-state index contributed by atoms with van der Waals surface area (Å²) >= 11 is 5.94. The molecule has 90 valence electrons. The maximum Gasteiger partial charge on any atom is 0.123 e. The molecule has 2 aromatic rings. The highest BCUT2D eigenvalue weighted by Gasteiger charge is 2.07. The van der Waals surface area contributed by atoms with Crippen LogP contribution in [0.15, 0.2) is 36.4 Å². The number of hydrogen-bond donors (Lipinski definition) is 1. The predicted molar refractivity (Wildman–Crippen MR) is 70.6 cm³/mol. The summed E-state index contributed by atoms with van der Waals surface area (Å²) in [6, 6.07) is 11.6. The van der Waals surface area contributed by atoms with E-state index in [9.17, 15) is 4.39 Å². The van der Waals surface area contributed by atoms with E-state index in [1.165, 1.54) is 12.1 Å². The molecular formula is C14H10ClFN2. The van der Waals surface area contributed by atoms with Crippen LogP contribution in [0.4, 0.5) is 15.8 Å². The van der Waals surface area contributed by atoms with E-state index in [4.69, 9.17) is 16.9 Å². The molecule has 0 saturated heterocycles. The molecule has 0 amide bonds. The Morgan fingerprint density at radius 3 is 2.67 bits per heavy atom. The van der Waals surface area contributed by atoms with Gasteiger partial charge in [0.15, 0.2) is 0 Å². The second-order valence-corrected chi connectivity index (χ2v) is 4.27. The van der Waals surface area contributed by atoms with Crippen molar-refractivity contribution in [3.63, 3.8) is 0 Å². The van der Waals surface area contributed by atoms with Gasteiger partial charge in [-0.1, -0.05) is 17.7 Å². The fourth-order valence-electron chi connectivity index (χ4n) is 1.65. The molecule has 0 spiro atoms. The molecule has 0 saturated carbocycles. The fraction of sp³-hybridized carbons (Fsp3) is 0.0714. The maximum absolute atomic E-state index is 13.0. The number of rotatable bonds is 2. The highest BCUT2D eigenvalue weighted by Crippen LogP contribution is 2.27. The molecule has 0 heterocycles. The molecular weight excluding hydrogens is 251 g/mol. The number of anilines is 2. The first-order valence-corrected chi connectivity index (χ1v) is 5.71. The van der Waals surface area contributed by atoms with Gasteiger partial charge in [0.1, 0.15) is 11.9 Å². The summed E-state index contributed by atoms with van der Waals surface area (Å²) in [6.07, 6.45) is 0. The first-order chi connectivity index (χ1) is 8.61. The lowest BCUT2D eigenvalue weighted by atomic mass is 10.1. The van der Waals surface area contributed by atoms with Gasteiger partial charge in [-0.2, -0.15) is 5.26 Å². The van der Waals surface area contributed by atoms with E-state index in [2.05, 4.69) is 5.32 Å². The van der Waals surface area contributed by atoms with Crippen LogP contribution in [0.25, 0.3) is 0 Å². The van der Waals surface area contributed by atoms with Gasteiger partial charge < -0.3 is 5.32 Å². The summed E-state index contributed by atoms with van der Waals surface area (Å²) in [4.78, 5) is 0. The number of benzene rings is 2. The van der Waals surface area contributed by atoms with Crippen LogP contribution in [0.2, 0.25) is 5.02 Å². The molecule has 0 aliphatic heterocycles. The van der Waals surface area contributed by atoms with Crippen LogP contribution < -0.4 is 5.32 Å². The van der Waals surface area contributed by atoms with E-state index in [1.807, 2.05) is 6.07 Å². The van der Waals surface area contributed by atoms with Crippen molar-refractivity contribution < 1.29 is 4.39 Å². The van der Waals surface area contributed by atoms with Crippen molar-refractivity contribution in [2.45, 2.75) is 6.92 Å². The van der Waals surface area contributed by atoms with Gasteiger partial charge >= 0.3 is 0 Å². The molecule has 4 heteroatoms. The third-order valence-corrected chi connectivity index (χ3v) is 2.90. The zero-order chi connectivity index (χ0) is 13.1. The van der Waals surface area contributed by atoms with Gasteiger partial charge in [-0.25, -0.2) is 4.39 Å². The average molecular weight is 261 g/mol. The molecule has 0 fully saturated rings. The Kier molecular flexibility index (Phi) is 3.50. The highest BCUT2D eigenvalue weighted by atomic mass is 35.5. The van der Waals surface area contributed by atoms with E-state index in [1.54, 1.807) is 31.2 Å². The minimum atomic E-state index is -0.287. The van der Waals surface area contributed by atoms with E-state index < -0.39 is 0 Å². The van der Waals surface area contributed by atoms with Gasteiger partial charge in [-0.3, -0.25) is 0 Å². The van der Waals surface area contributed by atoms with E-state index in [0.29, 0.717) is 16.3 Å². The van der Waals surface area contributed by atoms with Crippen LogP contribution in [-0.4, -0.2) is 0 Å². The standard InChI is InChI=1S/C14H10ClFN2/c1-9-7-10(16)5-6-13(9)18-14-4-2-3-12(15)11(14)8-17/h2-7,18H,1H3. The van der Waals surface area contributed by atoms with Crippen LogP contribution in [0.1, 0.15) is 11.1 Å². The Morgan fingerprint density at radius 2 is 2.00 bits per heavy atom. The van der Waals surface area contributed by atoms with Crippen LogP contribution in [0, 0.1) is 24.1 Å². The smallest absolute Gasteiger partial charge is 0.123 e. The molecule has 2 nitrogen and oxygen atoms in total. The molecule has 0 atom stereocenters. The Balaban J connectivity index is 2.41. The van der Waals surface area contributed by atoms with Crippen LogP contribution in [0.5, 0.6) is 0 Å². The second-order valence-electron chi connectivity index (χ2n) is 3.86. The molecule has 0 unspecified atom stereocenters. The van der Waals surface area contributed by atoms with Crippen molar-refractivity contribution in [3.8, 4) is 6.07 Å². The molecule has 0 aliphatic rings. The quantitative estimate of drug-likeness (QED) is 0.869. The number of aryl methyl sites for hydroxylation is 1. The third kappa shape index (κ3) is 2.44. The van der Waals surface area contributed by atoms with Crippen molar-refractivity contribution in [2.75, 3.05) is 5.32 Å². The largest absolute Gasteiger partial charge is 0.354 e. The van der Waals surface area contributed by atoms with Crippen LogP contribution in [-0.2, 0) is 0 Å². The first-order valence-electron chi connectivity index (χ1n) is 5.33. The zero-order valence-electron chi connectivity index (χ0n) is 9.67. The summed E-state index contributed by atoms with van der Waals surface area (Å²) in [5, 5.41) is 12.5. The lowest BCUT2D eigenvalue weighted by molar-refractivity contribution is 0.627. The monoisotopic (exact) mass is 260 g/mol. The molecule has 18 heavy (non-hydrogen) atoms. The SMILES string of the molecule is Cc1cc(F)ccc1Nc1cccc(Cl)c1C#N. The number of nitrogens with zero attached hydrogens (tertiary/aromatic N) is 1. The molecule has 0 aliphatic carbocycles. The highest BCUT2D eigenvalue weighted by molar-refractivity contribution is 6.32. The normalized spacial score (nSPS) is 9.89. The second kappa shape index (κ2) is 5.07. The molecule has 0 radical (unpaired) electrons. The molecule has 1 N–H and O–H groups in total. The molecule has 2 rings (SSSR count). The summed E-state index contributed by atoms with van der Waals surface area (Å²) in [6.45, 7) is 1.79. The molecule has 0 bridgehead atoms. The van der Waals surface area contributed by atoms with Gasteiger partial charge in [0.25, 0.3) is 0 Å². The van der Waals surface area contributed by atoms with Crippen molar-refractivity contribution in [2.24, 2.45) is 0 Å². The van der Waals surface area contributed by atoms with Gasteiger partial charge in [-0.15, -0.1) is 0 Å². The predicted octanol–water partition coefficient (Wildman–Crippen LogP) is 4.40. The fourth-order valence-corrected chi connectivity index (χ4v) is 1.87. The van der Waals surface area contributed by atoms with Crippen molar-refractivity contribution in [3.05, 3.63) is 58.4 Å². The Hall–Kier alpha value is -2.05. The van der Waals surface area contributed by atoms with Crippen LogP contribution in [0.3, 0.4) is 0 Å². The summed E-state index contributed by atoms with van der Waals surface area (Å²) < 4.78 is 13.0. The van der Waals surface area contributed by atoms with Gasteiger partial charge in [0, 0.05) is 5.69 Å². The third-order valence-electron chi connectivity index (χ3n) is 2.58. The van der Waals surface area contributed by atoms with Crippen molar-refractivity contribution >= 4 is 23.0 Å². The van der Waals surface area contributed by atoms with Gasteiger partial charge in [0.2, 0.25) is 0 Å². The Bertz CT molecular complexity index is 632. The molecule has 2 aromatic carbocycles. The van der Waals surface area contributed by atoms with E-state index in [-0.39, 0.29) is 5.82 Å². The minimum Gasteiger partial charge on any atom is -0.354 e. The van der Waals surface area contributed by atoms with Crippen LogP contribution >= 0.6 is 11.6 Å². The maximum atomic E-state index is 13.0. The number of nitrogens with one attached hydrogen (secondary N) is 1. The van der Waals surface area contributed by atoms with Crippen molar-refractivity contribution in [1.82, 2.24) is 0 Å². The summed E-state index contributed by atoms with van der Waals surface area (Å²) in [5.74, 6) is -0.287. The van der Waals surface area contributed by atoms with E-state index in [0.717, 1.165) is 11.3 Å². The van der Waals surface area contributed by atoms with Gasteiger partial charge in [0.05, 0.1) is 16.3 Å². The Morgan fingerprint density at radius 1 is 1.22 bits per heavy atom. The first kappa shape index (κ1) is 12.4. The Labute approximate surface area is 110 Å². The lowest BCUT2D eigenvalue weighted by Crippen LogP contribution is -1.96.